The Labute approximate surface area is 145 Å². The van der Waals surface area contributed by atoms with Crippen LogP contribution in [0.5, 0.6) is 0 Å². The Morgan fingerprint density at radius 3 is 2.19 bits per heavy atom. The van der Waals surface area contributed by atoms with Crippen molar-refractivity contribution in [1.29, 1.82) is 0 Å². The van der Waals surface area contributed by atoms with Crippen LogP contribution in [0.1, 0.15) is 16.1 Å². The van der Waals surface area contributed by atoms with Crippen LogP contribution in [0.2, 0.25) is 0 Å². The van der Waals surface area contributed by atoms with Crippen LogP contribution >= 0.6 is 0 Å². The summed E-state index contributed by atoms with van der Waals surface area (Å²) in [5.41, 5.74) is -1.70. The summed E-state index contributed by atoms with van der Waals surface area (Å²) in [5.74, 6) is -2.62. The largest absolute Gasteiger partial charge is 0.433 e. The number of carbonyl (C=O) groups is 1. The Bertz CT molecular complexity index is 798. The fourth-order valence-corrected chi connectivity index (χ4v) is 2.67. The first kappa shape index (κ1) is 18.0. The highest BCUT2D eigenvalue weighted by atomic mass is 19.4. The number of rotatable bonds is 2. The van der Waals surface area contributed by atoms with Gasteiger partial charge in [-0.25, -0.2) is 18.7 Å². The van der Waals surface area contributed by atoms with Gasteiger partial charge in [-0.15, -0.1) is 0 Å². The van der Waals surface area contributed by atoms with E-state index in [2.05, 4.69) is 9.97 Å². The van der Waals surface area contributed by atoms with E-state index in [1.54, 1.807) is 4.90 Å². The summed E-state index contributed by atoms with van der Waals surface area (Å²) < 4.78 is 65.7. The molecular weight excluding hydrogens is 359 g/mol. The van der Waals surface area contributed by atoms with Crippen molar-refractivity contribution in [2.24, 2.45) is 0 Å². The lowest BCUT2D eigenvalue weighted by Gasteiger charge is -2.35. The number of amides is 1. The van der Waals surface area contributed by atoms with Gasteiger partial charge in [0.2, 0.25) is 0 Å². The lowest BCUT2D eigenvalue weighted by Crippen LogP contribution is -2.49. The Balaban J connectivity index is 1.71. The molecule has 1 saturated heterocycles. The molecule has 26 heavy (non-hydrogen) atoms. The first-order chi connectivity index (χ1) is 12.3. The van der Waals surface area contributed by atoms with Gasteiger partial charge in [0.25, 0.3) is 5.91 Å². The average Bonchev–Trinajstić information content (AvgIpc) is 2.61. The Morgan fingerprint density at radius 2 is 1.62 bits per heavy atom. The number of nitrogens with zero attached hydrogens (tertiary/aromatic N) is 4. The zero-order valence-electron chi connectivity index (χ0n) is 13.3. The molecule has 0 atom stereocenters. The zero-order valence-corrected chi connectivity index (χ0v) is 13.3. The molecule has 0 bridgehead atoms. The second-order valence-electron chi connectivity index (χ2n) is 5.64. The third kappa shape index (κ3) is 3.58. The summed E-state index contributed by atoms with van der Waals surface area (Å²) in [4.78, 5) is 22.2. The molecule has 1 fully saturated rings. The monoisotopic (exact) mass is 372 g/mol. The molecule has 0 unspecified atom stereocenters. The second-order valence-corrected chi connectivity index (χ2v) is 5.64. The van der Waals surface area contributed by atoms with Gasteiger partial charge in [0, 0.05) is 32.2 Å². The first-order valence-corrected chi connectivity index (χ1v) is 7.65. The van der Waals surface area contributed by atoms with Gasteiger partial charge in [0.05, 0.1) is 0 Å². The van der Waals surface area contributed by atoms with Crippen molar-refractivity contribution in [1.82, 2.24) is 14.9 Å². The molecule has 0 aliphatic carbocycles. The van der Waals surface area contributed by atoms with E-state index in [1.807, 2.05) is 0 Å². The molecule has 0 radical (unpaired) electrons. The van der Waals surface area contributed by atoms with Crippen LogP contribution < -0.4 is 4.90 Å². The summed E-state index contributed by atoms with van der Waals surface area (Å²) >= 11 is 0. The molecule has 2 aromatic rings. The minimum Gasteiger partial charge on any atom is -0.353 e. The van der Waals surface area contributed by atoms with Gasteiger partial charge in [0.15, 0.2) is 0 Å². The number of benzene rings is 1. The molecule has 0 saturated carbocycles. The smallest absolute Gasteiger partial charge is 0.353 e. The number of alkyl halides is 3. The van der Waals surface area contributed by atoms with Crippen molar-refractivity contribution >= 4 is 11.7 Å². The third-order valence-corrected chi connectivity index (χ3v) is 4.01. The third-order valence-electron chi connectivity index (χ3n) is 4.01. The molecular formula is C16H13F5N4O. The first-order valence-electron chi connectivity index (χ1n) is 7.65. The van der Waals surface area contributed by atoms with E-state index >= 15 is 0 Å². The normalized spacial score (nSPS) is 15.3. The van der Waals surface area contributed by atoms with Gasteiger partial charge >= 0.3 is 6.18 Å². The average molecular weight is 372 g/mol. The molecule has 2 heterocycles. The molecule has 10 heteroatoms. The van der Waals surface area contributed by atoms with Crippen LogP contribution in [0, 0.1) is 11.6 Å². The molecule has 1 aliphatic rings. The van der Waals surface area contributed by atoms with Gasteiger partial charge in [-0.05, 0) is 12.1 Å². The Morgan fingerprint density at radius 1 is 1.00 bits per heavy atom. The Kier molecular flexibility index (Phi) is 4.75. The number of piperazine rings is 1. The number of hydrogen-bond acceptors (Lipinski definition) is 4. The molecule has 3 rings (SSSR count). The van der Waals surface area contributed by atoms with E-state index in [0.717, 1.165) is 30.6 Å². The lowest BCUT2D eigenvalue weighted by molar-refractivity contribution is -0.141. The van der Waals surface area contributed by atoms with Crippen LogP contribution in [0.25, 0.3) is 0 Å². The fraction of sp³-hybridized carbons (Fsp3) is 0.312. The maximum absolute atomic E-state index is 13.7. The van der Waals surface area contributed by atoms with Crippen LogP contribution in [0.15, 0.2) is 30.6 Å². The predicted octanol–water partition coefficient (Wildman–Crippen LogP) is 2.74. The topological polar surface area (TPSA) is 49.3 Å². The molecule has 1 amide bonds. The Hall–Kier alpha value is -2.78. The van der Waals surface area contributed by atoms with Gasteiger partial charge in [-0.2, -0.15) is 13.2 Å². The molecule has 5 nitrogen and oxygen atoms in total. The number of hydrogen-bond donors (Lipinski definition) is 0. The van der Waals surface area contributed by atoms with Crippen LogP contribution in [-0.4, -0.2) is 47.0 Å². The van der Waals surface area contributed by atoms with Crippen molar-refractivity contribution in [2.75, 3.05) is 31.1 Å². The summed E-state index contributed by atoms with van der Waals surface area (Å²) in [7, 11) is 0. The fourth-order valence-electron chi connectivity index (χ4n) is 2.67. The summed E-state index contributed by atoms with van der Waals surface area (Å²) in [6.45, 7) is 0.544. The minimum atomic E-state index is -4.59. The van der Waals surface area contributed by atoms with Crippen LogP contribution in [-0.2, 0) is 6.18 Å². The van der Waals surface area contributed by atoms with Gasteiger partial charge in [-0.1, -0.05) is 6.07 Å². The molecule has 1 aromatic heterocycles. The summed E-state index contributed by atoms with van der Waals surface area (Å²) in [6, 6.07) is 3.97. The maximum Gasteiger partial charge on any atom is 0.433 e. The van der Waals surface area contributed by atoms with Gasteiger partial charge in [0.1, 0.15) is 35.0 Å². The van der Waals surface area contributed by atoms with E-state index in [1.165, 1.54) is 4.90 Å². The minimum absolute atomic E-state index is 0.0801. The molecule has 138 valence electrons. The zero-order chi connectivity index (χ0) is 18.9. The number of carbonyl (C=O) groups excluding carboxylic acids is 1. The maximum atomic E-state index is 13.7. The van der Waals surface area contributed by atoms with Gasteiger partial charge < -0.3 is 9.80 Å². The van der Waals surface area contributed by atoms with E-state index < -0.39 is 35.0 Å². The van der Waals surface area contributed by atoms with E-state index in [0.29, 0.717) is 0 Å². The second kappa shape index (κ2) is 6.85. The summed E-state index contributed by atoms with van der Waals surface area (Å²) in [6.07, 6.45) is -3.76. The molecule has 0 spiro atoms. The number of anilines is 1. The molecule has 1 aromatic carbocycles. The highest BCUT2D eigenvalue weighted by Crippen LogP contribution is 2.29. The van der Waals surface area contributed by atoms with Crippen molar-refractivity contribution in [3.8, 4) is 0 Å². The van der Waals surface area contributed by atoms with Crippen molar-refractivity contribution in [3.63, 3.8) is 0 Å². The van der Waals surface area contributed by atoms with Crippen LogP contribution in [0.4, 0.5) is 27.8 Å². The highest BCUT2D eigenvalue weighted by Gasteiger charge is 2.34. The van der Waals surface area contributed by atoms with Gasteiger partial charge in [-0.3, -0.25) is 4.79 Å². The van der Waals surface area contributed by atoms with E-state index in [-0.39, 0.29) is 32.0 Å². The molecule has 1 aliphatic heterocycles. The van der Waals surface area contributed by atoms with Crippen LogP contribution in [0.3, 0.4) is 0 Å². The lowest BCUT2D eigenvalue weighted by atomic mass is 10.1. The predicted molar refractivity (Wildman–Crippen MR) is 81.5 cm³/mol. The number of aromatic nitrogens is 2. The SMILES string of the molecule is O=C(c1c(F)cccc1F)N1CCN(c2cc(C(F)(F)F)ncn2)CC1. The quantitative estimate of drug-likeness (QED) is 0.761. The van der Waals surface area contributed by atoms with E-state index in [9.17, 15) is 26.7 Å². The highest BCUT2D eigenvalue weighted by molar-refractivity contribution is 5.95. The van der Waals surface area contributed by atoms with Crippen molar-refractivity contribution in [3.05, 3.63) is 53.5 Å². The van der Waals surface area contributed by atoms with Crippen molar-refractivity contribution in [2.45, 2.75) is 6.18 Å². The van der Waals surface area contributed by atoms with E-state index in [4.69, 9.17) is 0 Å². The van der Waals surface area contributed by atoms with Crippen molar-refractivity contribution < 1.29 is 26.7 Å². The number of halogens is 5. The summed E-state index contributed by atoms with van der Waals surface area (Å²) in [5, 5.41) is 0. The molecule has 0 N–H and O–H groups in total. The standard InChI is InChI=1S/C16H13F5N4O/c17-10-2-1-3-11(18)14(10)15(26)25-6-4-24(5-7-25)13-8-12(16(19,20)21)22-9-23-13/h1-3,8-9H,4-7H2.